The summed E-state index contributed by atoms with van der Waals surface area (Å²) in [6, 6.07) is 12.6. The van der Waals surface area contributed by atoms with Gasteiger partial charge >= 0.3 is 6.01 Å². The van der Waals surface area contributed by atoms with E-state index in [-0.39, 0.29) is 18.7 Å². The van der Waals surface area contributed by atoms with Crippen molar-refractivity contribution < 1.29 is 18.7 Å². The molecule has 2 heterocycles. The third kappa shape index (κ3) is 4.21. The Hall–Kier alpha value is -3.58. The summed E-state index contributed by atoms with van der Waals surface area (Å²) in [6.45, 7) is 0.234. The Morgan fingerprint density at radius 2 is 1.86 bits per heavy atom. The van der Waals surface area contributed by atoms with E-state index in [1.807, 2.05) is 24.3 Å². The SMILES string of the molecule is O=C(/C=C/C=C/c1ccc2c(c1)OCO2)Nc1nnc(-c2ccc(Cl)cc2)o1. The summed E-state index contributed by atoms with van der Waals surface area (Å²) in [7, 11) is 0. The van der Waals surface area contributed by atoms with E-state index in [0.717, 1.165) is 11.3 Å². The van der Waals surface area contributed by atoms with Crippen LogP contribution in [0.25, 0.3) is 17.5 Å². The van der Waals surface area contributed by atoms with Crippen molar-refractivity contribution in [2.45, 2.75) is 0 Å². The molecule has 0 fully saturated rings. The highest BCUT2D eigenvalue weighted by atomic mass is 35.5. The van der Waals surface area contributed by atoms with Crippen LogP contribution in [-0.4, -0.2) is 22.9 Å². The number of aromatic nitrogens is 2. The van der Waals surface area contributed by atoms with Gasteiger partial charge in [0.05, 0.1) is 0 Å². The maximum atomic E-state index is 12.0. The molecule has 4 rings (SSSR count). The van der Waals surface area contributed by atoms with Crippen molar-refractivity contribution >= 4 is 29.6 Å². The molecule has 1 aromatic heterocycles. The highest BCUT2D eigenvalue weighted by Gasteiger charge is 2.12. The summed E-state index contributed by atoms with van der Waals surface area (Å²) in [5.41, 5.74) is 1.64. The van der Waals surface area contributed by atoms with Crippen LogP contribution in [0.3, 0.4) is 0 Å². The maximum absolute atomic E-state index is 12.0. The highest BCUT2D eigenvalue weighted by molar-refractivity contribution is 6.30. The van der Waals surface area contributed by atoms with Crippen molar-refractivity contribution in [1.29, 1.82) is 0 Å². The predicted molar refractivity (Wildman–Crippen MR) is 104 cm³/mol. The standard InChI is InChI=1S/C20H14ClN3O4/c21-15-8-6-14(7-9-15)19-23-24-20(28-19)22-18(25)4-2-1-3-13-5-10-16-17(11-13)27-12-26-16/h1-11H,12H2,(H,22,24,25)/b3-1+,4-2+. The van der Waals surface area contributed by atoms with Crippen molar-refractivity contribution in [2.75, 3.05) is 12.1 Å². The summed E-state index contributed by atoms with van der Waals surface area (Å²) >= 11 is 5.85. The van der Waals surface area contributed by atoms with Crippen LogP contribution in [0, 0.1) is 0 Å². The van der Waals surface area contributed by atoms with Gasteiger partial charge in [0.1, 0.15) is 0 Å². The lowest BCUT2D eigenvalue weighted by Crippen LogP contribution is -2.07. The molecule has 2 aromatic carbocycles. The van der Waals surface area contributed by atoms with Gasteiger partial charge < -0.3 is 13.9 Å². The van der Waals surface area contributed by atoms with E-state index in [4.69, 9.17) is 25.5 Å². The van der Waals surface area contributed by atoms with Crippen molar-refractivity contribution in [3.05, 3.63) is 71.3 Å². The zero-order valence-corrected chi connectivity index (χ0v) is 15.2. The second-order valence-corrected chi connectivity index (χ2v) is 6.18. The van der Waals surface area contributed by atoms with E-state index >= 15 is 0 Å². The van der Waals surface area contributed by atoms with Crippen LogP contribution in [0.15, 0.2) is 65.1 Å². The van der Waals surface area contributed by atoms with Gasteiger partial charge in [-0.05, 0) is 42.0 Å². The fourth-order valence-electron chi connectivity index (χ4n) is 2.46. The Morgan fingerprint density at radius 3 is 2.71 bits per heavy atom. The number of fused-ring (bicyclic) bond motifs is 1. The van der Waals surface area contributed by atoms with E-state index in [1.165, 1.54) is 6.08 Å². The zero-order valence-electron chi connectivity index (χ0n) is 14.5. The fourth-order valence-corrected chi connectivity index (χ4v) is 2.58. The van der Waals surface area contributed by atoms with Crippen LogP contribution in [-0.2, 0) is 4.79 Å². The minimum atomic E-state index is -0.387. The number of amides is 1. The second-order valence-electron chi connectivity index (χ2n) is 5.74. The molecule has 0 saturated carbocycles. The zero-order chi connectivity index (χ0) is 19.3. The van der Waals surface area contributed by atoms with Gasteiger partial charge in [0.2, 0.25) is 12.7 Å². The van der Waals surface area contributed by atoms with Gasteiger partial charge in [-0.3, -0.25) is 10.1 Å². The van der Waals surface area contributed by atoms with Crippen molar-refractivity contribution in [1.82, 2.24) is 10.2 Å². The highest BCUT2D eigenvalue weighted by Crippen LogP contribution is 2.32. The van der Waals surface area contributed by atoms with Crippen LogP contribution in [0.2, 0.25) is 5.02 Å². The minimum absolute atomic E-state index is 0.0133. The Kier molecular flexibility index (Phi) is 5.07. The number of allylic oxidation sites excluding steroid dienone is 2. The number of nitrogens with zero attached hydrogens (tertiary/aromatic N) is 2. The normalized spacial score (nSPS) is 12.8. The first-order chi connectivity index (χ1) is 13.7. The van der Waals surface area contributed by atoms with E-state index in [2.05, 4.69) is 15.5 Å². The molecule has 0 aliphatic carbocycles. The number of benzene rings is 2. The molecule has 0 unspecified atom stereocenters. The molecule has 7 nitrogen and oxygen atoms in total. The summed E-state index contributed by atoms with van der Waals surface area (Å²) in [5.74, 6) is 1.33. The molecule has 0 saturated heterocycles. The van der Waals surface area contributed by atoms with Crippen LogP contribution < -0.4 is 14.8 Å². The van der Waals surface area contributed by atoms with Gasteiger partial charge in [0.15, 0.2) is 11.5 Å². The Bertz CT molecular complexity index is 1060. The molecule has 28 heavy (non-hydrogen) atoms. The molecule has 0 atom stereocenters. The lowest BCUT2D eigenvalue weighted by Gasteiger charge is -1.97. The van der Waals surface area contributed by atoms with Crippen molar-refractivity contribution in [2.24, 2.45) is 0 Å². The number of carbonyl (C=O) groups is 1. The van der Waals surface area contributed by atoms with Crippen molar-refractivity contribution in [3.63, 3.8) is 0 Å². The summed E-state index contributed by atoms with van der Waals surface area (Å²) < 4.78 is 16.0. The van der Waals surface area contributed by atoms with Crippen LogP contribution in [0.1, 0.15) is 5.56 Å². The van der Waals surface area contributed by atoms with E-state index in [0.29, 0.717) is 22.2 Å². The average molecular weight is 396 g/mol. The quantitative estimate of drug-likeness (QED) is 0.511. The molecule has 8 heteroatoms. The van der Waals surface area contributed by atoms with Gasteiger partial charge in [-0.15, -0.1) is 5.10 Å². The fraction of sp³-hybridized carbons (Fsp3) is 0.0500. The first-order valence-electron chi connectivity index (χ1n) is 8.32. The first-order valence-corrected chi connectivity index (χ1v) is 8.70. The molecule has 140 valence electrons. The molecule has 1 N–H and O–H groups in total. The molecular weight excluding hydrogens is 382 g/mol. The first kappa shape index (κ1) is 17.8. The number of hydrogen-bond acceptors (Lipinski definition) is 6. The average Bonchev–Trinajstić information content (AvgIpc) is 3.35. The Morgan fingerprint density at radius 1 is 1.04 bits per heavy atom. The lowest BCUT2D eigenvalue weighted by atomic mass is 10.2. The minimum Gasteiger partial charge on any atom is -0.454 e. The Balaban J connectivity index is 1.33. The second kappa shape index (κ2) is 7.98. The van der Waals surface area contributed by atoms with Gasteiger partial charge in [0.25, 0.3) is 5.91 Å². The van der Waals surface area contributed by atoms with Gasteiger partial charge in [-0.2, -0.15) is 0 Å². The van der Waals surface area contributed by atoms with Gasteiger partial charge in [-0.25, -0.2) is 0 Å². The lowest BCUT2D eigenvalue weighted by molar-refractivity contribution is -0.112. The molecule has 0 bridgehead atoms. The van der Waals surface area contributed by atoms with Crippen molar-refractivity contribution in [3.8, 4) is 23.0 Å². The molecule has 1 aliphatic rings. The van der Waals surface area contributed by atoms with E-state index < -0.39 is 0 Å². The van der Waals surface area contributed by atoms with Crippen LogP contribution in [0.4, 0.5) is 6.01 Å². The molecule has 3 aromatic rings. The monoisotopic (exact) mass is 395 g/mol. The predicted octanol–water partition coefficient (Wildman–Crippen LogP) is 4.33. The summed E-state index contributed by atoms with van der Waals surface area (Å²) in [5, 5.41) is 10.8. The van der Waals surface area contributed by atoms with E-state index in [1.54, 1.807) is 36.4 Å². The van der Waals surface area contributed by atoms with Crippen LogP contribution in [0.5, 0.6) is 11.5 Å². The summed E-state index contributed by atoms with van der Waals surface area (Å²) in [6.07, 6.45) is 6.55. The van der Waals surface area contributed by atoms with E-state index in [9.17, 15) is 4.79 Å². The topological polar surface area (TPSA) is 86.5 Å². The number of halogens is 1. The third-order valence-electron chi connectivity index (χ3n) is 3.79. The summed E-state index contributed by atoms with van der Waals surface area (Å²) in [4.78, 5) is 12.0. The number of anilines is 1. The number of hydrogen-bond donors (Lipinski definition) is 1. The molecular formula is C20H14ClN3O4. The molecule has 0 radical (unpaired) electrons. The number of ether oxygens (including phenoxy) is 2. The molecule has 0 spiro atoms. The number of rotatable bonds is 5. The van der Waals surface area contributed by atoms with Gasteiger partial charge in [0, 0.05) is 16.7 Å². The third-order valence-corrected chi connectivity index (χ3v) is 4.04. The van der Waals surface area contributed by atoms with Gasteiger partial charge in [-0.1, -0.05) is 41.0 Å². The maximum Gasteiger partial charge on any atom is 0.322 e. The number of nitrogens with one attached hydrogen (secondary N) is 1. The number of carbonyl (C=O) groups excluding carboxylic acids is 1. The smallest absolute Gasteiger partial charge is 0.322 e. The Labute approximate surface area is 165 Å². The largest absolute Gasteiger partial charge is 0.454 e. The molecule has 1 amide bonds. The molecule has 1 aliphatic heterocycles. The van der Waals surface area contributed by atoms with Crippen LogP contribution >= 0.6 is 11.6 Å².